The molecule has 5 heteroatoms. The minimum atomic E-state index is -0.995. The Morgan fingerprint density at radius 3 is 2.61 bits per heavy atom. The first-order chi connectivity index (χ1) is 8.56. The highest BCUT2D eigenvalue weighted by Gasteiger charge is 2.36. The Morgan fingerprint density at radius 2 is 2.17 bits per heavy atom. The number of rotatable bonds is 5. The molecule has 1 fully saturated rings. The summed E-state index contributed by atoms with van der Waals surface area (Å²) in [7, 11) is 0. The normalized spacial score (nSPS) is 16.9. The fourth-order valence-corrected chi connectivity index (χ4v) is 2.13. The molecule has 18 heavy (non-hydrogen) atoms. The van der Waals surface area contributed by atoms with Crippen molar-refractivity contribution < 1.29 is 14.6 Å². The van der Waals surface area contributed by atoms with Gasteiger partial charge in [-0.2, -0.15) is 0 Å². The van der Waals surface area contributed by atoms with Crippen molar-refractivity contribution in [1.29, 1.82) is 0 Å². The first-order valence-corrected chi connectivity index (χ1v) is 6.02. The minimum absolute atomic E-state index is 0.0813. The van der Waals surface area contributed by atoms with Gasteiger partial charge in [-0.1, -0.05) is 6.42 Å². The summed E-state index contributed by atoms with van der Waals surface area (Å²) in [5, 5.41) is 8.83. The number of nitrogens with two attached hydrogens (primary N) is 2. The molecule has 0 spiro atoms. The molecule has 98 valence electrons. The van der Waals surface area contributed by atoms with Gasteiger partial charge in [0.25, 0.3) is 0 Å². The molecule has 5 nitrogen and oxygen atoms in total. The molecule has 0 heterocycles. The van der Waals surface area contributed by atoms with E-state index >= 15 is 0 Å². The molecule has 5 N–H and O–H groups in total. The van der Waals surface area contributed by atoms with E-state index in [4.69, 9.17) is 21.3 Å². The van der Waals surface area contributed by atoms with Gasteiger partial charge in [0, 0.05) is 12.0 Å². The van der Waals surface area contributed by atoms with E-state index in [1.165, 1.54) is 18.6 Å². The van der Waals surface area contributed by atoms with Crippen molar-refractivity contribution in [1.82, 2.24) is 0 Å². The summed E-state index contributed by atoms with van der Waals surface area (Å²) in [5.41, 5.74) is 12.1. The second kappa shape index (κ2) is 4.86. The number of ether oxygens (including phenoxy) is 1. The maximum absolute atomic E-state index is 10.8. The van der Waals surface area contributed by atoms with Crippen LogP contribution in [0.2, 0.25) is 0 Å². The molecule has 1 aliphatic carbocycles. The number of hydrogen-bond acceptors (Lipinski definition) is 4. The Labute approximate surface area is 106 Å². The predicted octanol–water partition coefficient (Wildman–Crippen LogP) is 1.47. The van der Waals surface area contributed by atoms with Crippen molar-refractivity contribution in [3.05, 3.63) is 23.8 Å². The van der Waals surface area contributed by atoms with Crippen LogP contribution in [0, 0.1) is 5.41 Å². The van der Waals surface area contributed by atoms with Crippen molar-refractivity contribution >= 4 is 11.7 Å². The third-order valence-electron chi connectivity index (χ3n) is 3.64. The van der Waals surface area contributed by atoms with Crippen molar-refractivity contribution in [2.75, 3.05) is 18.9 Å². The molecule has 1 aromatic rings. The number of aromatic carboxylic acids is 1. The average Bonchev–Trinajstić information content (AvgIpc) is 2.29. The molecule has 0 atom stereocenters. The number of hydrogen-bond donors (Lipinski definition) is 3. The van der Waals surface area contributed by atoms with Gasteiger partial charge < -0.3 is 21.3 Å². The summed E-state index contributed by atoms with van der Waals surface area (Å²) in [6, 6.07) is 4.50. The molecule has 0 radical (unpaired) electrons. The molecule has 0 amide bonds. The molecule has 0 unspecified atom stereocenters. The number of nitrogen functional groups attached to an aromatic ring is 1. The van der Waals surface area contributed by atoms with E-state index in [1.54, 1.807) is 6.07 Å². The number of benzene rings is 1. The number of carboxylic acid groups (broad SMARTS) is 1. The highest BCUT2D eigenvalue weighted by atomic mass is 16.5. The Kier molecular flexibility index (Phi) is 3.43. The van der Waals surface area contributed by atoms with Crippen LogP contribution in [0.3, 0.4) is 0 Å². The third kappa shape index (κ3) is 2.41. The average molecular weight is 250 g/mol. The van der Waals surface area contributed by atoms with Crippen LogP contribution in [0.15, 0.2) is 18.2 Å². The Balaban J connectivity index is 2.03. The molecule has 1 saturated carbocycles. The van der Waals surface area contributed by atoms with Gasteiger partial charge in [-0.25, -0.2) is 4.79 Å². The number of carboxylic acids is 1. The van der Waals surface area contributed by atoms with Crippen molar-refractivity contribution in [3.8, 4) is 5.75 Å². The van der Waals surface area contributed by atoms with Gasteiger partial charge >= 0.3 is 5.97 Å². The maximum Gasteiger partial charge on any atom is 0.335 e. The zero-order chi connectivity index (χ0) is 13.2. The predicted molar refractivity (Wildman–Crippen MR) is 68.6 cm³/mol. The maximum atomic E-state index is 10.8. The van der Waals surface area contributed by atoms with Crippen molar-refractivity contribution in [2.45, 2.75) is 19.3 Å². The first kappa shape index (κ1) is 12.7. The lowest BCUT2D eigenvalue weighted by Crippen LogP contribution is -2.42. The summed E-state index contributed by atoms with van der Waals surface area (Å²) in [5.74, 6) is -0.467. The monoisotopic (exact) mass is 250 g/mol. The molecule has 2 rings (SSSR count). The lowest BCUT2D eigenvalue weighted by atomic mass is 9.69. The first-order valence-electron chi connectivity index (χ1n) is 6.02. The molecule has 0 saturated heterocycles. The highest BCUT2D eigenvalue weighted by Crippen LogP contribution is 2.40. The van der Waals surface area contributed by atoms with E-state index in [9.17, 15) is 4.79 Å². The van der Waals surface area contributed by atoms with E-state index in [2.05, 4.69) is 0 Å². The van der Waals surface area contributed by atoms with Gasteiger partial charge in [-0.3, -0.25) is 0 Å². The highest BCUT2D eigenvalue weighted by molar-refractivity contribution is 5.89. The van der Waals surface area contributed by atoms with Crippen LogP contribution in [0.4, 0.5) is 5.69 Å². The van der Waals surface area contributed by atoms with E-state index < -0.39 is 5.97 Å². The zero-order valence-electron chi connectivity index (χ0n) is 10.2. The molecule has 1 aromatic carbocycles. The van der Waals surface area contributed by atoms with Crippen molar-refractivity contribution in [2.24, 2.45) is 11.1 Å². The van der Waals surface area contributed by atoms with Crippen LogP contribution in [0.5, 0.6) is 5.75 Å². The fraction of sp³-hybridized carbons (Fsp3) is 0.462. The summed E-state index contributed by atoms with van der Waals surface area (Å²) in [4.78, 5) is 10.8. The van der Waals surface area contributed by atoms with Crippen LogP contribution in [0.1, 0.15) is 29.6 Å². The van der Waals surface area contributed by atoms with Gasteiger partial charge in [0.05, 0.1) is 17.9 Å². The van der Waals surface area contributed by atoms with Crippen LogP contribution in [-0.4, -0.2) is 24.2 Å². The number of carbonyl (C=O) groups is 1. The lowest BCUT2D eigenvalue weighted by Gasteiger charge is -2.40. The fourth-order valence-electron chi connectivity index (χ4n) is 2.13. The summed E-state index contributed by atoms with van der Waals surface area (Å²) >= 11 is 0. The van der Waals surface area contributed by atoms with Crippen molar-refractivity contribution in [3.63, 3.8) is 0 Å². The summed E-state index contributed by atoms with van der Waals surface area (Å²) < 4.78 is 5.67. The van der Waals surface area contributed by atoms with Crippen LogP contribution >= 0.6 is 0 Å². The van der Waals surface area contributed by atoms with Crippen LogP contribution in [0.25, 0.3) is 0 Å². The second-order valence-electron chi connectivity index (χ2n) is 4.90. The zero-order valence-corrected chi connectivity index (χ0v) is 10.2. The third-order valence-corrected chi connectivity index (χ3v) is 3.64. The summed E-state index contributed by atoms with van der Waals surface area (Å²) in [6.07, 6.45) is 3.35. The second-order valence-corrected chi connectivity index (χ2v) is 4.90. The largest absolute Gasteiger partial charge is 0.491 e. The standard InChI is InChI=1S/C13H18N2O3/c14-7-13(4-1-5-13)8-18-11-3-2-9(12(16)17)6-10(11)15/h2-3,6H,1,4-5,7-8,14-15H2,(H,16,17). The van der Waals surface area contributed by atoms with Crippen LogP contribution in [-0.2, 0) is 0 Å². The Hall–Kier alpha value is -1.75. The van der Waals surface area contributed by atoms with E-state index in [-0.39, 0.29) is 11.0 Å². The quantitative estimate of drug-likeness (QED) is 0.687. The molecular weight excluding hydrogens is 232 g/mol. The van der Waals surface area contributed by atoms with Gasteiger partial charge in [0.15, 0.2) is 0 Å². The Bertz CT molecular complexity index is 450. The minimum Gasteiger partial charge on any atom is -0.491 e. The molecular formula is C13H18N2O3. The molecule has 0 bridgehead atoms. The molecule has 1 aliphatic rings. The van der Waals surface area contributed by atoms with E-state index in [1.807, 2.05) is 0 Å². The topological polar surface area (TPSA) is 98.6 Å². The van der Waals surface area contributed by atoms with Gasteiger partial charge in [-0.05, 0) is 31.0 Å². The van der Waals surface area contributed by atoms with Crippen LogP contribution < -0.4 is 16.2 Å². The Morgan fingerprint density at radius 1 is 1.44 bits per heavy atom. The number of anilines is 1. The molecule has 0 aliphatic heterocycles. The lowest BCUT2D eigenvalue weighted by molar-refractivity contribution is 0.0669. The summed E-state index contributed by atoms with van der Waals surface area (Å²) in [6.45, 7) is 1.15. The van der Waals surface area contributed by atoms with Gasteiger partial charge in [0.2, 0.25) is 0 Å². The van der Waals surface area contributed by atoms with Gasteiger partial charge in [0.1, 0.15) is 5.75 Å². The van der Waals surface area contributed by atoms with E-state index in [0.29, 0.717) is 24.6 Å². The SMILES string of the molecule is NCC1(COc2ccc(C(=O)O)cc2N)CCC1. The van der Waals surface area contributed by atoms with Gasteiger partial charge in [-0.15, -0.1) is 0 Å². The van der Waals surface area contributed by atoms with E-state index in [0.717, 1.165) is 12.8 Å². The molecule has 0 aromatic heterocycles. The smallest absolute Gasteiger partial charge is 0.335 e.